The Bertz CT molecular complexity index is 927. The molecule has 0 spiro atoms. The van der Waals surface area contributed by atoms with Gasteiger partial charge in [0.25, 0.3) is 0 Å². The second-order valence-electron chi connectivity index (χ2n) is 7.83. The monoisotopic (exact) mass is 528 g/mol. The minimum atomic E-state index is -1.60. The topological polar surface area (TPSA) is 278 Å². The van der Waals surface area contributed by atoms with Crippen molar-refractivity contribution in [2.24, 2.45) is 5.73 Å². The van der Waals surface area contributed by atoms with Crippen LogP contribution < -0.4 is 32.3 Å². The van der Waals surface area contributed by atoms with Gasteiger partial charge in [-0.05, 0) is 6.92 Å². The number of carbonyl (C=O) groups excluding carboxylic acids is 6. The quantitative estimate of drug-likeness (QED) is 0.0900. The van der Waals surface area contributed by atoms with Gasteiger partial charge in [0.1, 0.15) is 30.5 Å². The number of aromatic nitrogens is 2. The summed E-state index contributed by atoms with van der Waals surface area (Å²) in [5, 5.41) is 39.3. The van der Waals surface area contributed by atoms with Crippen molar-refractivity contribution in [2.75, 3.05) is 26.4 Å². The molecule has 0 aliphatic rings. The molecule has 17 nitrogen and oxygen atoms in total. The molecule has 11 N–H and O–H groups in total. The van der Waals surface area contributed by atoms with Crippen LogP contribution in [0.4, 0.5) is 0 Å². The molecule has 5 atom stereocenters. The van der Waals surface area contributed by atoms with Gasteiger partial charge in [0, 0.05) is 18.3 Å². The maximum Gasteiger partial charge on any atom is 0.245 e. The number of aliphatic hydroxyl groups is 3. The Labute approximate surface area is 211 Å². The molecule has 37 heavy (non-hydrogen) atoms. The van der Waals surface area contributed by atoms with Crippen LogP contribution in [0.3, 0.4) is 0 Å². The SMILES string of the molecule is C[C@@H](C=O)NC(=O)CNC(=O)[C@H](CO)NC(=O)[C@H](CO)NC(=O)[C@H](Cc1cnc[nH]1)NC(=O)[C@@H](N)CO. The van der Waals surface area contributed by atoms with E-state index in [-0.39, 0.29) is 6.42 Å². The molecule has 1 rings (SSSR count). The molecule has 0 aliphatic carbocycles. The minimum Gasteiger partial charge on any atom is -0.394 e. The molecule has 0 bridgehead atoms. The molecule has 0 radical (unpaired) electrons. The zero-order valence-corrected chi connectivity index (χ0v) is 20.0. The smallest absolute Gasteiger partial charge is 0.245 e. The summed E-state index contributed by atoms with van der Waals surface area (Å²) < 4.78 is 0. The van der Waals surface area contributed by atoms with E-state index >= 15 is 0 Å². The van der Waals surface area contributed by atoms with Crippen LogP contribution in [-0.4, -0.2) is 118 Å². The highest BCUT2D eigenvalue weighted by Gasteiger charge is 2.30. The fourth-order valence-electron chi connectivity index (χ4n) is 2.75. The summed E-state index contributed by atoms with van der Waals surface area (Å²) in [6.45, 7) is -1.61. The van der Waals surface area contributed by atoms with Crippen molar-refractivity contribution in [1.82, 2.24) is 36.6 Å². The third-order valence-electron chi connectivity index (χ3n) is 4.79. The van der Waals surface area contributed by atoms with Gasteiger partial charge in [-0.1, -0.05) is 0 Å². The number of imidazole rings is 1. The lowest BCUT2D eigenvalue weighted by atomic mass is 10.1. The summed E-state index contributed by atoms with van der Waals surface area (Å²) in [6.07, 6.45) is 3.09. The van der Waals surface area contributed by atoms with Gasteiger partial charge in [0.05, 0.1) is 38.7 Å². The van der Waals surface area contributed by atoms with Gasteiger partial charge >= 0.3 is 0 Å². The number of aliphatic hydroxyl groups excluding tert-OH is 3. The summed E-state index contributed by atoms with van der Waals surface area (Å²) in [5.74, 6) is -4.45. The molecule has 0 fully saturated rings. The standard InChI is InChI=1S/C20H32N8O9/c1-10(5-29)25-16(33)4-23-18(35)14(7-31)27-20(37)15(8-32)28-19(36)13(2-11-3-22-9-24-11)26-17(34)12(21)6-30/h3,5,9-10,12-15,30-32H,2,4,6-8,21H2,1H3,(H,22,24)(H,23,35)(H,25,33)(H,26,34)(H,27,37)(H,28,36)/t10-,12-,13-,14-,15-/m0/s1. The van der Waals surface area contributed by atoms with E-state index in [1.54, 1.807) is 0 Å². The highest BCUT2D eigenvalue weighted by molar-refractivity contribution is 5.95. The van der Waals surface area contributed by atoms with Crippen molar-refractivity contribution >= 4 is 35.8 Å². The van der Waals surface area contributed by atoms with E-state index in [4.69, 9.17) is 10.8 Å². The molecule has 0 aromatic carbocycles. The van der Waals surface area contributed by atoms with E-state index in [9.17, 15) is 39.0 Å². The van der Waals surface area contributed by atoms with E-state index in [1.807, 2.05) is 0 Å². The van der Waals surface area contributed by atoms with Crippen molar-refractivity contribution in [1.29, 1.82) is 0 Å². The van der Waals surface area contributed by atoms with Crippen LogP contribution in [0, 0.1) is 0 Å². The normalized spacial score (nSPS) is 14.7. The predicted octanol–water partition coefficient (Wildman–Crippen LogP) is -6.47. The van der Waals surface area contributed by atoms with E-state index < -0.39 is 86.1 Å². The third kappa shape index (κ3) is 10.7. The minimum absolute atomic E-state index is 0.109. The predicted molar refractivity (Wildman–Crippen MR) is 124 cm³/mol. The van der Waals surface area contributed by atoms with Gasteiger partial charge in [-0.15, -0.1) is 0 Å². The molecule has 0 saturated carbocycles. The fraction of sp³-hybridized carbons (Fsp3) is 0.550. The number of carbonyl (C=O) groups is 6. The molecule has 0 unspecified atom stereocenters. The number of H-pyrrole nitrogens is 1. The number of aldehydes is 1. The van der Waals surface area contributed by atoms with Crippen LogP contribution in [-0.2, 0) is 35.2 Å². The van der Waals surface area contributed by atoms with Crippen molar-refractivity contribution in [3.63, 3.8) is 0 Å². The first-order valence-electron chi connectivity index (χ1n) is 11.0. The number of rotatable bonds is 16. The van der Waals surface area contributed by atoms with Crippen LogP contribution in [0.2, 0.25) is 0 Å². The Hall–Kier alpha value is -3.93. The van der Waals surface area contributed by atoms with Gasteiger partial charge in [-0.2, -0.15) is 0 Å². The number of amides is 5. The van der Waals surface area contributed by atoms with Gasteiger partial charge in [-0.25, -0.2) is 4.98 Å². The van der Waals surface area contributed by atoms with Crippen LogP contribution in [0.1, 0.15) is 12.6 Å². The van der Waals surface area contributed by atoms with Crippen LogP contribution in [0.25, 0.3) is 0 Å². The van der Waals surface area contributed by atoms with Crippen LogP contribution in [0.15, 0.2) is 12.5 Å². The molecule has 1 aromatic heterocycles. The largest absolute Gasteiger partial charge is 0.394 e. The first-order valence-corrected chi connectivity index (χ1v) is 11.0. The van der Waals surface area contributed by atoms with Crippen LogP contribution in [0.5, 0.6) is 0 Å². The zero-order valence-electron chi connectivity index (χ0n) is 20.0. The fourth-order valence-corrected chi connectivity index (χ4v) is 2.75. The van der Waals surface area contributed by atoms with Gasteiger partial charge in [0.15, 0.2) is 0 Å². The Kier molecular flexibility index (Phi) is 13.4. The summed E-state index contributed by atoms with van der Waals surface area (Å²) >= 11 is 0. The number of nitrogens with two attached hydrogens (primary N) is 1. The lowest BCUT2D eigenvalue weighted by Gasteiger charge is -2.24. The third-order valence-corrected chi connectivity index (χ3v) is 4.79. The van der Waals surface area contributed by atoms with E-state index in [2.05, 4.69) is 36.6 Å². The van der Waals surface area contributed by atoms with Gasteiger partial charge < -0.3 is 57.4 Å². The Balaban J connectivity index is 2.80. The lowest BCUT2D eigenvalue weighted by molar-refractivity contribution is -0.135. The zero-order chi connectivity index (χ0) is 28.0. The first-order chi connectivity index (χ1) is 17.6. The molecule has 1 heterocycles. The molecule has 0 aliphatic heterocycles. The molecule has 206 valence electrons. The summed E-state index contributed by atoms with van der Waals surface area (Å²) in [6, 6.07) is -6.54. The van der Waals surface area contributed by atoms with E-state index in [1.165, 1.54) is 19.4 Å². The summed E-state index contributed by atoms with van der Waals surface area (Å²) in [4.78, 5) is 78.5. The average Bonchev–Trinajstić information content (AvgIpc) is 3.40. The Morgan fingerprint density at radius 3 is 2.00 bits per heavy atom. The number of aromatic amines is 1. The second-order valence-corrected chi connectivity index (χ2v) is 7.83. The van der Waals surface area contributed by atoms with E-state index in [0.717, 1.165) is 0 Å². The van der Waals surface area contributed by atoms with Gasteiger partial charge in [0.2, 0.25) is 29.5 Å². The van der Waals surface area contributed by atoms with Crippen molar-refractivity contribution in [3.05, 3.63) is 18.2 Å². The lowest BCUT2D eigenvalue weighted by Crippen LogP contribution is -2.60. The number of hydrogen-bond donors (Lipinski definition) is 10. The molecule has 17 heteroatoms. The highest BCUT2D eigenvalue weighted by Crippen LogP contribution is 2.01. The molecule has 0 saturated heterocycles. The molecular formula is C20H32N8O9. The van der Waals surface area contributed by atoms with Crippen molar-refractivity contribution in [2.45, 2.75) is 43.6 Å². The van der Waals surface area contributed by atoms with Crippen molar-refractivity contribution in [3.8, 4) is 0 Å². The number of nitrogens with zero attached hydrogens (tertiary/aromatic N) is 1. The molecular weight excluding hydrogens is 496 g/mol. The summed E-state index contributed by atoms with van der Waals surface area (Å²) in [7, 11) is 0. The average molecular weight is 529 g/mol. The Morgan fingerprint density at radius 1 is 0.919 bits per heavy atom. The number of nitrogens with one attached hydrogen (secondary N) is 6. The van der Waals surface area contributed by atoms with Gasteiger partial charge in [-0.3, -0.25) is 24.0 Å². The molecule has 5 amide bonds. The maximum absolute atomic E-state index is 12.8. The Morgan fingerprint density at radius 2 is 1.49 bits per heavy atom. The second kappa shape index (κ2) is 15.9. The van der Waals surface area contributed by atoms with Crippen molar-refractivity contribution < 1.29 is 44.1 Å². The number of hydrogen-bond acceptors (Lipinski definition) is 11. The molecule has 1 aromatic rings. The highest BCUT2D eigenvalue weighted by atomic mass is 16.3. The summed E-state index contributed by atoms with van der Waals surface area (Å²) in [5.41, 5.74) is 5.90. The first kappa shape index (κ1) is 31.1. The maximum atomic E-state index is 12.8. The van der Waals surface area contributed by atoms with Crippen LogP contribution >= 0.6 is 0 Å². The van der Waals surface area contributed by atoms with E-state index in [0.29, 0.717) is 12.0 Å².